The number of hydrogen-bond donors (Lipinski definition) is 2. The average molecular weight is 487 g/mol. The zero-order chi connectivity index (χ0) is 24.6. The molecule has 0 saturated carbocycles. The highest BCUT2D eigenvalue weighted by atomic mass is 32.2. The molecule has 2 amide bonds. The molecule has 0 atom stereocenters. The van der Waals surface area contributed by atoms with Crippen LogP contribution in [-0.2, 0) is 4.79 Å². The van der Waals surface area contributed by atoms with Crippen LogP contribution in [-0.4, -0.2) is 43.9 Å². The van der Waals surface area contributed by atoms with Gasteiger partial charge in [-0.2, -0.15) is 0 Å². The first-order chi connectivity index (χ1) is 17.0. The van der Waals surface area contributed by atoms with Gasteiger partial charge < -0.3 is 10.6 Å². The summed E-state index contributed by atoms with van der Waals surface area (Å²) in [5.41, 5.74) is 2.60. The molecule has 0 unspecified atom stereocenters. The molecule has 4 aromatic rings. The molecule has 0 saturated heterocycles. The lowest BCUT2D eigenvalue weighted by atomic mass is 10.1. The van der Waals surface area contributed by atoms with Crippen molar-refractivity contribution < 1.29 is 9.59 Å². The van der Waals surface area contributed by atoms with Crippen molar-refractivity contribution >= 4 is 29.3 Å². The Bertz CT molecular complexity index is 1290. The highest BCUT2D eigenvalue weighted by molar-refractivity contribution is 7.99. The van der Waals surface area contributed by atoms with Gasteiger partial charge in [0.25, 0.3) is 5.91 Å². The van der Waals surface area contributed by atoms with Crippen molar-refractivity contribution in [2.75, 3.05) is 17.6 Å². The Morgan fingerprint density at radius 1 is 0.971 bits per heavy atom. The number of carbonyl (C=O) groups is 2. The molecule has 0 aliphatic heterocycles. The van der Waals surface area contributed by atoms with E-state index in [1.807, 2.05) is 60.9 Å². The minimum absolute atomic E-state index is 0.0972. The monoisotopic (exact) mass is 486 g/mol. The van der Waals surface area contributed by atoms with E-state index in [0.29, 0.717) is 34.7 Å². The van der Waals surface area contributed by atoms with Crippen LogP contribution in [0, 0.1) is 5.92 Å². The number of nitrogens with zero attached hydrogens (tertiary/aromatic N) is 4. The van der Waals surface area contributed by atoms with Gasteiger partial charge in [-0.05, 0) is 42.3 Å². The largest absolute Gasteiger partial charge is 0.352 e. The van der Waals surface area contributed by atoms with Crippen LogP contribution >= 0.6 is 11.8 Å². The first-order valence-electron chi connectivity index (χ1n) is 11.2. The molecule has 0 fully saturated rings. The molecule has 2 aromatic carbocycles. The van der Waals surface area contributed by atoms with Crippen LogP contribution < -0.4 is 10.6 Å². The van der Waals surface area contributed by atoms with Gasteiger partial charge in [0.15, 0.2) is 11.0 Å². The van der Waals surface area contributed by atoms with Crippen molar-refractivity contribution in [2.24, 2.45) is 5.92 Å². The number of hydrogen-bond acceptors (Lipinski definition) is 6. The number of anilines is 1. The van der Waals surface area contributed by atoms with Crippen LogP contribution in [0.1, 0.15) is 24.2 Å². The van der Waals surface area contributed by atoms with Crippen molar-refractivity contribution in [2.45, 2.75) is 19.0 Å². The summed E-state index contributed by atoms with van der Waals surface area (Å²) in [6, 6.07) is 20.5. The molecule has 0 spiro atoms. The average Bonchev–Trinajstić information content (AvgIpc) is 3.31. The summed E-state index contributed by atoms with van der Waals surface area (Å²) in [5.74, 6) is 0.604. The minimum atomic E-state index is -0.246. The van der Waals surface area contributed by atoms with Gasteiger partial charge in [-0.3, -0.25) is 19.1 Å². The van der Waals surface area contributed by atoms with E-state index in [2.05, 4.69) is 25.8 Å². The zero-order valence-electron chi connectivity index (χ0n) is 19.5. The van der Waals surface area contributed by atoms with Crippen molar-refractivity contribution in [3.8, 4) is 17.1 Å². The number of para-hydroxylation sites is 2. The molecule has 2 aromatic heterocycles. The summed E-state index contributed by atoms with van der Waals surface area (Å²) >= 11 is 1.27. The maximum atomic E-state index is 12.8. The lowest BCUT2D eigenvalue weighted by Gasteiger charge is -2.13. The number of nitrogens with one attached hydrogen (secondary N) is 2. The number of aromatic nitrogens is 4. The Hall–Kier alpha value is -3.98. The highest BCUT2D eigenvalue weighted by Crippen LogP contribution is 2.27. The molecule has 2 N–H and O–H groups in total. The number of thioether (sulfide) groups is 1. The summed E-state index contributed by atoms with van der Waals surface area (Å²) in [7, 11) is 0. The molecule has 4 rings (SSSR count). The van der Waals surface area contributed by atoms with Crippen molar-refractivity contribution in [3.63, 3.8) is 0 Å². The highest BCUT2D eigenvalue weighted by Gasteiger charge is 2.18. The smallest absolute Gasteiger partial charge is 0.253 e. The number of pyridine rings is 1. The fourth-order valence-electron chi connectivity index (χ4n) is 3.35. The van der Waals surface area contributed by atoms with Crippen LogP contribution in [0.25, 0.3) is 17.1 Å². The van der Waals surface area contributed by atoms with Gasteiger partial charge in [-0.25, -0.2) is 0 Å². The van der Waals surface area contributed by atoms with Crippen molar-refractivity contribution in [1.82, 2.24) is 25.1 Å². The number of benzene rings is 2. The van der Waals surface area contributed by atoms with Gasteiger partial charge >= 0.3 is 0 Å². The lowest BCUT2D eigenvalue weighted by molar-refractivity contribution is -0.113. The predicted octanol–water partition coefficient (Wildman–Crippen LogP) is 4.45. The minimum Gasteiger partial charge on any atom is -0.352 e. The maximum absolute atomic E-state index is 12.8. The number of amides is 2. The Kier molecular flexibility index (Phi) is 7.89. The maximum Gasteiger partial charge on any atom is 0.253 e. The fraction of sp³-hybridized carbons (Fsp3) is 0.192. The fourth-order valence-corrected chi connectivity index (χ4v) is 4.11. The van der Waals surface area contributed by atoms with Gasteiger partial charge in [0.05, 0.1) is 17.0 Å². The second-order valence-electron chi connectivity index (χ2n) is 8.21. The third-order valence-corrected chi connectivity index (χ3v) is 5.95. The Balaban J connectivity index is 1.51. The summed E-state index contributed by atoms with van der Waals surface area (Å²) < 4.78 is 1.91. The molecule has 8 nitrogen and oxygen atoms in total. The van der Waals surface area contributed by atoms with Crippen LogP contribution in [0.3, 0.4) is 0 Å². The quantitative estimate of drug-likeness (QED) is 0.339. The Morgan fingerprint density at radius 2 is 1.74 bits per heavy atom. The third-order valence-electron chi connectivity index (χ3n) is 5.02. The van der Waals surface area contributed by atoms with Gasteiger partial charge in [-0.1, -0.05) is 55.9 Å². The van der Waals surface area contributed by atoms with Crippen LogP contribution in [0.15, 0.2) is 84.3 Å². The first kappa shape index (κ1) is 24.2. The summed E-state index contributed by atoms with van der Waals surface area (Å²) in [6.45, 7) is 4.61. The Morgan fingerprint density at radius 3 is 2.49 bits per heavy atom. The van der Waals surface area contributed by atoms with Gasteiger partial charge in [0.2, 0.25) is 5.91 Å². The van der Waals surface area contributed by atoms with Crippen LogP contribution in [0.5, 0.6) is 0 Å². The van der Waals surface area contributed by atoms with Crippen LogP contribution in [0.4, 0.5) is 5.69 Å². The molecule has 9 heteroatoms. The van der Waals surface area contributed by atoms with Crippen molar-refractivity contribution in [1.29, 1.82) is 0 Å². The SMILES string of the molecule is CC(C)CNC(=O)c1ccccc1NC(=O)CSc1nnc(-c2cccnc2)n1-c1ccccc1. The van der Waals surface area contributed by atoms with E-state index in [0.717, 1.165) is 11.3 Å². The number of carbonyl (C=O) groups excluding carboxylic acids is 2. The number of rotatable bonds is 9. The summed E-state index contributed by atoms with van der Waals surface area (Å²) in [5, 5.41) is 15.0. The molecular formula is C26H26N6O2S. The second kappa shape index (κ2) is 11.4. The lowest BCUT2D eigenvalue weighted by Crippen LogP contribution is -2.28. The van der Waals surface area contributed by atoms with Gasteiger partial charge in [0.1, 0.15) is 0 Å². The third kappa shape index (κ3) is 6.13. The van der Waals surface area contributed by atoms with E-state index in [9.17, 15) is 9.59 Å². The standard InChI is InChI=1S/C26H26N6O2S/c1-18(2)15-28-25(34)21-12-6-7-13-22(21)29-23(33)17-35-26-31-30-24(19-9-8-14-27-16-19)32(26)20-10-4-3-5-11-20/h3-14,16,18H,15,17H2,1-2H3,(H,28,34)(H,29,33). The van der Waals surface area contributed by atoms with Crippen LogP contribution in [0.2, 0.25) is 0 Å². The zero-order valence-corrected chi connectivity index (χ0v) is 20.3. The molecule has 178 valence electrons. The molecule has 0 radical (unpaired) electrons. The molecular weight excluding hydrogens is 460 g/mol. The predicted molar refractivity (Wildman–Crippen MR) is 138 cm³/mol. The van der Waals surface area contributed by atoms with Gasteiger partial charge in [-0.15, -0.1) is 10.2 Å². The molecule has 0 bridgehead atoms. The second-order valence-corrected chi connectivity index (χ2v) is 9.15. The molecule has 35 heavy (non-hydrogen) atoms. The van der Waals surface area contributed by atoms with E-state index >= 15 is 0 Å². The molecule has 0 aliphatic rings. The van der Waals surface area contributed by atoms with Crippen molar-refractivity contribution in [3.05, 3.63) is 84.7 Å². The van der Waals surface area contributed by atoms with E-state index in [4.69, 9.17) is 0 Å². The summed E-state index contributed by atoms with van der Waals surface area (Å²) in [6.07, 6.45) is 3.43. The van der Waals surface area contributed by atoms with E-state index in [-0.39, 0.29) is 17.6 Å². The first-order valence-corrected chi connectivity index (χ1v) is 12.2. The summed E-state index contributed by atoms with van der Waals surface area (Å²) in [4.78, 5) is 29.6. The van der Waals surface area contributed by atoms with E-state index in [1.54, 1.807) is 36.7 Å². The molecule has 0 aliphatic carbocycles. The van der Waals surface area contributed by atoms with Gasteiger partial charge in [0, 0.05) is 30.2 Å². The molecule has 2 heterocycles. The van der Waals surface area contributed by atoms with E-state index < -0.39 is 0 Å². The van der Waals surface area contributed by atoms with E-state index in [1.165, 1.54) is 11.8 Å². The Labute approximate surface area is 208 Å². The topological polar surface area (TPSA) is 102 Å². The normalized spacial score (nSPS) is 10.8.